The van der Waals surface area contributed by atoms with Gasteiger partial charge in [-0.25, -0.2) is 4.99 Å². The second kappa shape index (κ2) is 10.5. The van der Waals surface area contributed by atoms with E-state index in [0.717, 1.165) is 23.2 Å². The zero-order valence-corrected chi connectivity index (χ0v) is 19.8. The summed E-state index contributed by atoms with van der Waals surface area (Å²) in [4.78, 5) is 42.5. The third-order valence-electron chi connectivity index (χ3n) is 5.08. The van der Waals surface area contributed by atoms with Crippen LogP contribution in [0.4, 0.5) is 17.1 Å². The van der Waals surface area contributed by atoms with Gasteiger partial charge in [-0.15, -0.1) is 0 Å². The molecule has 0 saturated carbocycles. The Labute approximate surface area is 196 Å². The van der Waals surface area contributed by atoms with E-state index in [2.05, 4.69) is 5.32 Å². The van der Waals surface area contributed by atoms with E-state index in [1.165, 1.54) is 37.1 Å². The first-order chi connectivity index (χ1) is 15.7. The number of aliphatic imine (C=N–C) groups is 1. The van der Waals surface area contributed by atoms with Crippen molar-refractivity contribution in [2.45, 2.75) is 38.9 Å². The SMILES string of the molecule is CCCN1C(=O)C(CC(=O)Nc2ccc([N+](=O)[O-])cc2OC)SC1=Nc1ccc(C)cc1C. The number of carbonyl (C=O) groups is 2. The highest BCUT2D eigenvalue weighted by Gasteiger charge is 2.38. The molecule has 2 aromatic carbocycles. The quantitative estimate of drug-likeness (QED) is 0.446. The third-order valence-corrected chi connectivity index (χ3v) is 6.25. The number of nitro groups is 1. The van der Waals surface area contributed by atoms with Crippen molar-refractivity contribution >= 4 is 45.8 Å². The smallest absolute Gasteiger partial charge is 0.273 e. The van der Waals surface area contributed by atoms with E-state index >= 15 is 0 Å². The minimum atomic E-state index is -0.606. The van der Waals surface area contributed by atoms with Crippen LogP contribution in [0.1, 0.15) is 30.9 Å². The highest BCUT2D eigenvalue weighted by molar-refractivity contribution is 8.15. The van der Waals surface area contributed by atoms with Crippen LogP contribution in [0, 0.1) is 24.0 Å². The summed E-state index contributed by atoms with van der Waals surface area (Å²) in [7, 11) is 1.36. The van der Waals surface area contributed by atoms with E-state index in [0.29, 0.717) is 17.4 Å². The van der Waals surface area contributed by atoms with E-state index in [4.69, 9.17) is 9.73 Å². The van der Waals surface area contributed by atoms with Gasteiger partial charge >= 0.3 is 0 Å². The number of thioether (sulfide) groups is 1. The maximum absolute atomic E-state index is 13.0. The highest BCUT2D eigenvalue weighted by atomic mass is 32.2. The molecule has 1 heterocycles. The number of non-ortho nitro benzene ring substituents is 1. The van der Waals surface area contributed by atoms with Gasteiger partial charge < -0.3 is 10.1 Å². The molecule has 1 atom stereocenters. The molecule has 33 heavy (non-hydrogen) atoms. The van der Waals surface area contributed by atoms with E-state index in [-0.39, 0.29) is 23.8 Å². The Bertz CT molecular complexity index is 1120. The summed E-state index contributed by atoms with van der Waals surface area (Å²) in [6.07, 6.45) is 0.701. The van der Waals surface area contributed by atoms with Crippen LogP contribution in [0.3, 0.4) is 0 Å². The van der Waals surface area contributed by atoms with Crippen molar-refractivity contribution in [3.63, 3.8) is 0 Å². The number of amidine groups is 1. The van der Waals surface area contributed by atoms with Gasteiger partial charge in [0.25, 0.3) is 5.69 Å². The lowest BCUT2D eigenvalue weighted by Gasteiger charge is -2.15. The van der Waals surface area contributed by atoms with Crippen LogP contribution in [0.25, 0.3) is 0 Å². The van der Waals surface area contributed by atoms with Gasteiger partial charge in [-0.3, -0.25) is 24.6 Å². The molecule has 3 rings (SSSR count). The molecular weight excluding hydrogens is 444 g/mol. The number of aryl methyl sites for hydroxylation is 2. The molecule has 1 aliphatic heterocycles. The van der Waals surface area contributed by atoms with E-state index in [1.807, 2.05) is 39.0 Å². The third kappa shape index (κ3) is 5.70. The van der Waals surface area contributed by atoms with Crippen molar-refractivity contribution in [3.8, 4) is 5.75 Å². The molecular formula is C23H26N4O5S. The molecule has 1 saturated heterocycles. The molecule has 0 aliphatic carbocycles. The zero-order valence-electron chi connectivity index (χ0n) is 19.0. The molecule has 2 aromatic rings. The second-order valence-electron chi connectivity index (χ2n) is 7.67. The van der Waals surface area contributed by atoms with E-state index in [9.17, 15) is 19.7 Å². The predicted octanol–water partition coefficient (Wildman–Crippen LogP) is 4.59. The van der Waals surface area contributed by atoms with Crippen LogP contribution in [0.5, 0.6) is 5.75 Å². The first-order valence-electron chi connectivity index (χ1n) is 10.5. The average molecular weight is 471 g/mol. The van der Waals surface area contributed by atoms with E-state index < -0.39 is 16.1 Å². The number of benzene rings is 2. The van der Waals surface area contributed by atoms with Crippen molar-refractivity contribution in [2.75, 3.05) is 19.0 Å². The summed E-state index contributed by atoms with van der Waals surface area (Å²) in [5, 5.41) is 13.6. The number of carbonyl (C=O) groups excluding carboxylic acids is 2. The Hall–Kier alpha value is -3.40. The molecule has 1 fully saturated rings. The Kier molecular flexibility index (Phi) is 7.70. The fourth-order valence-electron chi connectivity index (χ4n) is 3.45. The maximum atomic E-state index is 13.0. The van der Waals surface area contributed by atoms with Crippen molar-refractivity contribution in [1.82, 2.24) is 4.90 Å². The number of hydrogen-bond acceptors (Lipinski definition) is 7. The average Bonchev–Trinajstić information content (AvgIpc) is 3.04. The Morgan fingerprint density at radius 1 is 1.27 bits per heavy atom. The van der Waals surface area contributed by atoms with Gasteiger partial charge in [-0.1, -0.05) is 36.4 Å². The number of nitro benzene ring substituents is 1. The number of ether oxygens (including phenoxy) is 1. The lowest BCUT2D eigenvalue weighted by Crippen LogP contribution is -2.34. The normalized spacial score (nSPS) is 16.8. The van der Waals surface area contributed by atoms with Gasteiger partial charge in [0.15, 0.2) is 5.17 Å². The summed E-state index contributed by atoms with van der Waals surface area (Å²) in [5.74, 6) is -0.374. The summed E-state index contributed by atoms with van der Waals surface area (Å²) in [6.45, 7) is 6.48. The molecule has 10 heteroatoms. The van der Waals surface area contributed by atoms with Crippen LogP contribution < -0.4 is 10.1 Å². The molecule has 1 aliphatic rings. The zero-order chi connectivity index (χ0) is 24.1. The number of nitrogens with zero attached hydrogens (tertiary/aromatic N) is 3. The largest absolute Gasteiger partial charge is 0.494 e. The van der Waals surface area contributed by atoms with Crippen molar-refractivity contribution in [2.24, 2.45) is 4.99 Å². The highest BCUT2D eigenvalue weighted by Crippen LogP contribution is 2.34. The number of amides is 2. The summed E-state index contributed by atoms with van der Waals surface area (Å²) in [6, 6.07) is 9.87. The molecule has 2 amide bonds. The van der Waals surface area contributed by atoms with Gasteiger partial charge in [0, 0.05) is 19.0 Å². The van der Waals surface area contributed by atoms with Gasteiger partial charge in [0.05, 0.1) is 29.5 Å². The van der Waals surface area contributed by atoms with Crippen molar-refractivity contribution < 1.29 is 19.2 Å². The van der Waals surface area contributed by atoms with Crippen molar-refractivity contribution in [1.29, 1.82) is 0 Å². The van der Waals surface area contributed by atoms with E-state index in [1.54, 1.807) is 4.90 Å². The van der Waals surface area contributed by atoms with Crippen molar-refractivity contribution in [3.05, 3.63) is 57.6 Å². The molecule has 9 nitrogen and oxygen atoms in total. The number of methoxy groups -OCH3 is 1. The predicted molar refractivity (Wildman–Crippen MR) is 129 cm³/mol. The number of hydrogen-bond donors (Lipinski definition) is 1. The standard InChI is InChI=1S/C23H26N4O5S/c1-5-10-26-22(29)20(33-23(26)25-17-8-6-14(2)11-15(17)3)13-21(28)24-18-9-7-16(27(30)31)12-19(18)32-4/h6-9,11-12,20H,5,10,13H2,1-4H3,(H,24,28). The minimum absolute atomic E-state index is 0.0598. The fourth-order valence-corrected chi connectivity index (χ4v) is 4.63. The summed E-state index contributed by atoms with van der Waals surface area (Å²) in [5.41, 5.74) is 3.09. The Balaban J connectivity index is 1.77. The minimum Gasteiger partial charge on any atom is -0.494 e. The van der Waals surface area contributed by atoms with Gasteiger partial charge in [-0.2, -0.15) is 0 Å². The first-order valence-corrected chi connectivity index (χ1v) is 11.4. The monoisotopic (exact) mass is 470 g/mol. The number of nitrogens with one attached hydrogen (secondary N) is 1. The van der Waals surface area contributed by atoms with Crippen LogP contribution >= 0.6 is 11.8 Å². The van der Waals surface area contributed by atoms with Gasteiger partial charge in [0.1, 0.15) is 11.0 Å². The summed E-state index contributed by atoms with van der Waals surface area (Å²) < 4.78 is 5.16. The molecule has 0 spiro atoms. The molecule has 1 unspecified atom stereocenters. The lowest BCUT2D eigenvalue weighted by molar-refractivity contribution is -0.384. The molecule has 0 radical (unpaired) electrons. The Morgan fingerprint density at radius 2 is 2.03 bits per heavy atom. The van der Waals surface area contributed by atoms with Crippen LogP contribution in [-0.4, -0.2) is 45.7 Å². The molecule has 0 bridgehead atoms. The van der Waals surface area contributed by atoms with Crippen LogP contribution in [-0.2, 0) is 9.59 Å². The van der Waals surface area contributed by atoms with Gasteiger partial charge in [0.2, 0.25) is 11.8 Å². The molecule has 174 valence electrons. The number of anilines is 1. The first kappa shape index (κ1) is 24.2. The second-order valence-corrected chi connectivity index (χ2v) is 8.84. The lowest BCUT2D eigenvalue weighted by atomic mass is 10.1. The molecule has 0 aromatic heterocycles. The summed E-state index contributed by atoms with van der Waals surface area (Å²) >= 11 is 1.27. The van der Waals surface area contributed by atoms with Gasteiger partial charge in [-0.05, 0) is 38.0 Å². The molecule has 1 N–H and O–H groups in total. The topological polar surface area (TPSA) is 114 Å². The fraction of sp³-hybridized carbons (Fsp3) is 0.348. The maximum Gasteiger partial charge on any atom is 0.273 e. The number of rotatable bonds is 8. The van der Waals surface area contributed by atoms with Crippen LogP contribution in [0.15, 0.2) is 41.4 Å². The Morgan fingerprint density at radius 3 is 2.67 bits per heavy atom. The van der Waals surface area contributed by atoms with Crippen LogP contribution in [0.2, 0.25) is 0 Å².